The van der Waals surface area contributed by atoms with Gasteiger partial charge in [-0.2, -0.15) is 9.89 Å². The Hall–Kier alpha value is -4.12. The Balaban J connectivity index is 1.71. The number of hydrogen-bond donors (Lipinski definition) is 2. The maximum absolute atomic E-state index is 13.0. The van der Waals surface area contributed by atoms with E-state index >= 15 is 0 Å². The molecule has 0 aliphatic carbocycles. The number of pyridine rings is 2. The first-order valence-electron chi connectivity index (χ1n) is 8.74. The van der Waals surface area contributed by atoms with E-state index in [1.165, 1.54) is 22.7 Å². The molecule has 0 spiro atoms. The van der Waals surface area contributed by atoms with Gasteiger partial charge in [-0.05, 0) is 30.7 Å². The minimum Gasteiger partial charge on any atom is -0.437 e. The van der Waals surface area contributed by atoms with Crippen molar-refractivity contribution in [2.45, 2.75) is 6.92 Å². The standard InChI is InChI=1S/C19H12N6O4S/c1-10-4-7-20-16(15(10)29-13-3-2-6-22-24-13)25-12-5-8-21-17-14(12)11(23-18(25)26)9-30(17)19(27)28/h2-9H,1H3,(H-,23,26,27,28)/p+1. The summed E-state index contributed by atoms with van der Waals surface area (Å²) in [4.78, 5) is 35.0. The van der Waals surface area contributed by atoms with E-state index in [0.717, 1.165) is 5.56 Å². The third kappa shape index (κ3) is 2.71. The summed E-state index contributed by atoms with van der Waals surface area (Å²) in [7, 11) is -1.25. The van der Waals surface area contributed by atoms with Crippen molar-refractivity contribution in [3.05, 3.63) is 53.8 Å². The van der Waals surface area contributed by atoms with Crippen LogP contribution in [0.5, 0.6) is 11.6 Å². The number of aryl methyl sites for hydroxylation is 1. The largest absolute Gasteiger partial charge is 0.554 e. The minimum absolute atomic E-state index is 0.243. The lowest BCUT2D eigenvalue weighted by atomic mass is 10.2. The van der Waals surface area contributed by atoms with Crippen LogP contribution < -0.4 is 15.0 Å². The highest BCUT2D eigenvalue weighted by Crippen LogP contribution is 2.48. The molecule has 0 fully saturated rings. The molecule has 0 radical (unpaired) electrons. The molecule has 1 aliphatic rings. The van der Waals surface area contributed by atoms with Gasteiger partial charge in [0.1, 0.15) is 21.5 Å². The van der Waals surface area contributed by atoms with Crippen LogP contribution in [0.1, 0.15) is 5.56 Å². The van der Waals surface area contributed by atoms with Crippen molar-refractivity contribution in [3.63, 3.8) is 0 Å². The average molecular weight is 421 g/mol. The number of nitrogens with one attached hydrogen (secondary N) is 1. The highest BCUT2D eigenvalue weighted by Gasteiger charge is 2.38. The lowest BCUT2D eigenvalue weighted by molar-refractivity contribution is 0.221. The molecule has 1 unspecified atom stereocenters. The Morgan fingerprint density at radius 1 is 1.20 bits per heavy atom. The first kappa shape index (κ1) is 17.9. The predicted molar refractivity (Wildman–Crippen MR) is 110 cm³/mol. The van der Waals surface area contributed by atoms with Crippen LogP contribution in [0.3, 0.4) is 0 Å². The zero-order chi connectivity index (χ0) is 20.8. The molecule has 30 heavy (non-hydrogen) atoms. The zero-order valence-corrected chi connectivity index (χ0v) is 16.3. The third-order valence-electron chi connectivity index (χ3n) is 4.53. The summed E-state index contributed by atoms with van der Waals surface area (Å²) < 4.78 is 5.91. The number of carboxylic acid groups (broad SMARTS) is 1. The van der Waals surface area contributed by atoms with Crippen molar-refractivity contribution in [2.24, 2.45) is 0 Å². The fourth-order valence-electron chi connectivity index (χ4n) is 3.25. The zero-order valence-electron chi connectivity index (χ0n) is 15.4. The molecule has 4 aromatic rings. The summed E-state index contributed by atoms with van der Waals surface area (Å²) in [5, 5.41) is 21.1. The van der Waals surface area contributed by atoms with Gasteiger partial charge in [-0.15, -0.1) is 5.10 Å². The summed E-state index contributed by atoms with van der Waals surface area (Å²) >= 11 is 0. The van der Waals surface area contributed by atoms with Crippen molar-refractivity contribution in [1.82, 2.24) is 20.2 Å². The highest BCUT2D eigenvalue weighted by molar-refractivity contribution is 7.54. The van der Waals surface area contributed by atoms with E-state index in [9.17, 15) is 14.7 Å². The molecular weight excluding hydrogens is 408 g/mol. The lowest BCUT2D eigenvalue weighted by Gasteiger charge is -2.27. The molecule has 0 bridgehead atoms. The van der Waals surface area contributed by atoms with Gasteiger partial charge in [0, 0.05) is 24.7 Å². The van der Waals surface area contributed by atoms with E-state index in [2.05, 4.69) is 25.5 Å². The smallest absolute Gasteiger partial charge is 0.437 e. The molecule has 5 rings (SSSR count). The maximum Gasteiger partial charge on any atom is 0.554 e. The number of carbonyl (C=O) groups excluding carboxylic acids is 1. The number of ether oxygens (including phenoxy) is 1. The van der Waals surface area contributed by atoms with Crippen molar-refractivity contribution in [3.8, 4) is 11.6 Å². The van der Waals surface area contributed by atoms with E-state index in [-0.39, 0.29) is 11.7 Å². The number of carbonyl (C=O) groups is 2. The normalized spacial score (nSPS) is 13.3. The van der Waals surface area contributed by atoms with Gasteiger partial charge in [0.15, 0.2) is 16.9 Å². The molecule has 0 aromatic carbocycles. The van der Waals surface area contributed by atoms with Crippen molar-refractivity contribution in [1.29, 1.82) is 0 Å². The Morgan fingerprint density at radius 3 is 2.80 bits per heavy atom. The van der Waals surface area contributed by atoms with Crippen LogP contribution in [0.4, 0.5) is 26.8 Å². The Bertz CT molecular complexity index is 1320. The van der Waals surface area contributed by atoms with Gasteiger partial charge >= 0.3 is 11.3 Å². The van der Waals surface area contributed by atoms with Crippen LogP contribution in [0.15, 0.2) is 48.2 Å². The quantitative estimate of drug-likeness (QED) is 0.461. The average Bonchev–Trinajstić information content (AvgIpc) is 3.11. The van der Waals surface area contributed by atoms with Gasteiger partial charge < -0.3 is 15.2 Å². The van der Waals surface area contributed by atoms with Gasteiger partial charge in [0.05, 0.1) is 5.69 Å². The molecule has 148 valence electrons. The van der Waals surface area contributed by atoms with Crippen LogP contribution >= 0.6 is 10.5 Å². The van der Waals surface area contributed by atoms with E-state index in [1.807, 2.05) is 6.92 Å². The van der Waals surface area contributed by atoms with E-state index in [0.29, 0.717) is 27.3 Å². The Morgan fingerprint density at radius 2 is 2.03 bits per heavy atom. The van der Waals surface area contributed by atoms with Gasteiger partial charge in [-0.1, -0.05) is 0 Å². The second-order valence-electron chi connectivity index (χ2n) is 6.36. The van der Waals surface area contributed by atoms with Crippen molar-refractivity contribution in [2.75, 3.05) is 10.2 Å². The summed E-state index contributed by atoms with van der Waals surface area (Å²) in [5.74, 6) is 0.828. The molecule has 1 atom stereocenters. The number of hydrogen-bond acceptors (Lipinski definition) is 7. The molecule has 10 nitrogen and oxygen atoms in total. The molecule has 1 aliphatic heterocycles. The molecule has 0 saturated heterocycles. The Kier molecular flexibility index (Phi) is 4.03. The first-order chi connectivity index (χ1) is 14.5. The minimum atomic E-state index is -1.25. The molecule has 0 saturated carbocycles. The van der Waals surface area contributed by atoms with Gasteiger partial charge in [-0.3, -0.25) is 0 Å². The number of urea groups is 1. The molecule has 4 aromatic heterocycles. The molecular formula is C19H13N6O4S+. The molecule has 2 amide bonds. The highest BCUT2D eigenvalue weighted by atomic mass is 32.2. The molecule has 5 heterocycles. The van der Waals surface area contributed by atoms with E-state index in [4.69, 9.17) is 4.74 Å². The van der Waals surface area contributed by atoms with Crippen molar-refractivity contribution < 1.29 is 19.4 Å². The van der Waals surface area contributed by atoms with E-state index in [1.54, 1.807) is 30.5 Å². The third-order valence-corrected chi connectivity index (χ3v) is 6.10. The Labute approximate surface area is 171 Å². The van der Waals surface area contributed by atoms with Crippen molar-refractivity contribution >= 4 is 49.2 Å². The predicted octanol–water partition coefficient (Wildman–Crippen LogP) is 4.48. The van der Waals surface area contributed by atoms with Crippen LogP contribution in [-0.2, 0) is 0 Å². The van der Waals surface area contributed by atoms with E-state index < -0.39 is 21.8 Å². The maximum atomic E-state index is 13.0. The molecule has 11 heteroatoms. The second-order valence-corrected chi connectivity index (χ2v) is 8.00. The fourth-order valence-corrected chi connectivity index (χ4v) is 4.65. The lowest BCUT2D eigenvalue weighted by Crippen LogP contribution is -2.34. The SMILES string of the molecule is Cc1ccnc(N2C(=O)Nc3c[s+](C(=O)O)c4nccc2c34)c1Oc1cccnn1. The second kappa shape index (κ2) is 6.74. The topological polar surface area (TPSA) is 130 Å². The first-order valence-corrected chi connectivity index (χ1v) is 10.0. The van der Waals surface area contributed by atoms with Gasteiger partial charge in [0.2, 0.25) is 5.88 Å². The summed E-state index contributed by atoms with van der Waals surface area (Å²) in [6, 6.07) is 6.24. The number of aromatic nitrogens is 4. The monoisotopic (exact) mass is 421 g/mol. The summed E-state index contributed by atoms with van der Waals surface area (Å²) in [5.41, 5.74) is 1.65. The van der Waals surface area contributed by atoms with Crippen LogP contribution in [0, 0.1) is 6.92 Å². The number of rotatable bonds is 4. The van der Waals surface area contributed by atoms with Gasteiger partial charge in [-0.25, -0.2) is 19.7 Å². The molecule has 2 N–H and O–H groups in total. The van der Waals surface area contributed by atoms with Crippen LogP contribution in [0.25, 0.3) is 10.2 Å². The van der Waals surface area contributed by atoms with Gasteiger partial charge in [0.25, 0.3) is 4.83 Å². The fraction of sp³-hybridized carbons (Fsp3) is 0.0526. The number of anilines is 3. The van der Waals surface area contributed by atoms with Crippen LogP contribution in [-0.4, -0.2) is 36.6 Å². The van der Waals surface area contributed by atoms with Crippen LogP contribution in [0.2, 0.25) is 0 Å². The number of amides is 2. The number of nitrogens with zero attached hydrogens (tertiary/aromatic N) is 5. The number of thiophene rings is 1. The summed E-state index contributed by atoms with van der Waals surface area (Å²) in [6.45, 7) is 1.82. The summed E-state index contributed by atoms with van der Waals surface area (Å²) in [6.07, 6.45) is 4.57.